The zero-order chi connectivity index (χ0) is 19.4. The first-order chi connectivity index (χ1) is 12.8. The van der Waals surface area contributed by atoms with Gasteiger partial charge in [-0.2, -0.15) is 0 Å². The van der Waals surface area contributed by atoms with E-state index in [1.807, 2.05) is 6.92 Å². The van der Waals surface area contributed by atoms with Crippen molar-refractivity contribution in [3.05, 3.63) is 59.7 Å². The number of nitrogens with one attached hydrogen (secondary N) is 2. The van der Waals surface area contributed by atoms with Crippen LogP contribution in [0.5, 0.6) is 0 Å². The second-order valence-electron chi connectivity index (χ2n) is 6.76. The third kappa shape index (κ3) is 5.40. The zero-order valence-corrected chi connectivity index (χ0v) is 15.9. The number of sulfone groups is 1. The summed E-state index contributed by atoms with van der Waals surface area (Å²) in [5.74, 6) is -0.774. The molecule has 1 fully saturated rings. The second-order valence-corrected chi connectivity index (χ2v) is 8.86. The first-order valence-corrected chi connectivity index (χ1v) is 10.5. The third-order valence-corrected chi connectivity index (χ3v) is 6.05. The minimum absolute atomic E-state index is 0.125. The highest BCUT2D eigenvalue weighted by Crippen LogP contribution is 2.20. The van der Waals surface area contributed by atoms with E-state index in [1.165, 1.54) is 0 Å². The summed E-state index contributed by atoms with van der Waals surface area (Å²) in [5.41, 5.74) is 2.03. The van der Waals surface area contributed by atoms with Crippen LogP contribution in [-0.4, -0.2) is 32.0 Å². The van der Waals surface area contributed by atoms with Gasteiger partial charge in [-0.05, 0) is 56.2 Å². The Hall–Kier alpha value is -2.67. The molecule has 0 unspecified atom stereocenters. The molecule has 0 radical (unpaired) electrons. The molecule has 0 saturated heterocycles. The molecule has 1 aliphatic carbocycles. The Morgan fingerprint density at radius 2 is 1.63 bits per heavy atom. The molecule has 6 nitrogen and oxygen atoms in total. The fraction of sp³-hybridized carbons (Fsp3) is 0.300. The summed E-state index contributed by atoms with van der Waals surface area (Å²) in [6.45, 7) is 1.88. The van der Waals surface area contributed by atoms with E-state index in [9.17, 15) is 18.0 Å². The van der Waals surface area contributed by atoms with E-state index in [4.69, 9.17) is 0 Å². The molecule has 2 amide bonds. The zero-order valence-electron chi connectivity index (χ0n) is 15.1. The first-order valence-electron chi connectivity index (χ1n) is 8.84. The molecule has 0 bridgehead atoms. The molecule has 1 aliphatic rings. The smallest absolute Gasteiger partial charge is 0.251 e. The number of hydrogen-bond donors (Lipinski definition) is 2. The van der Waals surface area contributed by atoms with Crippen molar-refractivity contribution < 1.29 is 18.0 Å². The fourth-order valence-corrected chi connectivity index (χ4v) is 3.76. The maximum atomic E-state index is 12.3. The maximum Gasteiger partial charge on any atom is 0.251 e. The van der Waals surface area contributed by atoms with Gasteiger partial charge in [0, 0.05) is 23.7 Å². The normalized spacial score (nSPS) is 13.8. The Bertz CT molecular complexity index is 931. The van der Waals surface area contributed by atoms with Crippen LogP contribution in [0.4, 0.5) is 5.69 Å². The van der Waals surface area contributed by atoms with E-state index in [-0.39, 0.29) is 34.9 Å². The minimum atomic E-state index is -3.50. The van der Waals surface area contributed by atoms with E-state index in [0.717, 1.165) is 18.4 Å². The minimum Gasteiger partial charge on any atom is -0.349 e. The fourth-order valence-electron chi connectivity index (χ4n) is 2.52. The van der Waals surface area contributed by atoms with Gasteiger partial charge in [0.05, 0.1) is 10.6 Å². The topological polar surface area (TPSA) is 92.3 Å². The predicted molar refractivity (Wildman–Crippen MR) is 103 cm³/mol. The summed E-state index contributed by atoms with van der Waals surface area (Å²) in [7, 11) is -3.50. The molecule has 0 atom stereocenters. The van der Waals surface area contributed by atoms with Crippen LogP contribution >= 0.6 is 0 Å². The lowest BCUT2D eigenvalue weighted by molar-refractivity contribution is -0.115. The van der Waals surface area contributed by atoms with Crippen LogP contribution in [0.1, 0.15) is 35.2 Å². The molecule has 0 heterocycles. The highest BCUT2D eigenvalue weighted by Gasteiger charge is 2.23. The van der Waals surface area contributed by atoms with Crippen LogP contribution in [0.25, 0.3) is 0 Å². The number of aryl methyl sites for hydroxylation is 1. The van der Waals surface area contributed by atoms with Gasteiger partial charge in [0.1, 0.15) is 0 Å². The van der Waals surface area contributed by atoms with Gasteiger partial charge in [0.2, 0.25) is 5.91 Å². The maximum absolute atomic E-state index is 12.3. The van der Waals surface area contributed by atoms with Crippen molar-refractivity contribution in [1.82, 2.24) is 5.32 Å². The molecule has 0 spiro atoms. The Labute approximate surface area is 158 Å². The van der Waals surface area contributed by atoms with Gasteiger partial charge in [-0.1, -0.05) is 17.7 Å². The highest BCUT2D eigenvalue weighted by atomic mass is 32.2. The molecular formula is C20H22N2O4S. The van der Waals surface area contributed by atoms with Gasteiger partial charge in [-0.25, -0.2) is 8.42 Å². The Morgan fingerprint density at radius 3 is 2.22 bits per heavy atom. The Morgan fingerprint density at radius 1 is 1.00 bits per heavy atom. The van der Waals surface area contributed by atoms with Crippen LogP contribution in [0.3, 0.4) is 0 Å². The molecule has 0 aliphatic heterocycles. The first kappa shape index (κ1) is 19.1. The number of benzene rings is 2. The van der Waals surface area contributed by atoms with Crippen LogP contribution in [0.2, 0.25) is 0 Å². The highest BCUT2D eigenvalue weighted by molar-refractivity contribution is 7.91. The molecule has 142 valence electrons. The van der Waals surface area contributed by atoms with Crippen molar-refractivity contribution in [2.45, 2.75) is 37.1 Å². The average molecular weight is 386 g/mol. The quantitative estimate of drug-likeness (QED) is 0.765. The predicted octanol–water partition coefficient (Wildman–Crippen LogP) is 2.69. The lowest BCUT2D eigenvalue weighted by Gasteiger charge is -2.08. The number of hydrogen-bond acceptors (Lipinski definition) is 4. The number of anilines is 1. The molecule has 0 aromatic heterocycles. The summed E-state index contributed by atoms with van der Waals surface area (Å²) in [5, 5.41) is 5.55. The van der Waals surface area contributed by atoms with E-state index < -0.39 is 9.84 Å². The molecule has 2 aromatic carbocycles. The van der Waals surface area contributed by atoms with Crippen LogP contribution < -0.4 is 10.6 Å². The van der Waals surface area contributed by atoms with Crippen molar-refractivity contribution in [1.29, 1.82) is 0 Å². The molecule has 2 N–H and O–H groups in total. The molecule has 2 aromatic rings. The van der Waals surface area contributed by atoms with E-state index in [1.54, 1.807) is 48.5 Å². The van der Waals surface area contributed by atoms with E-state index in [0.29, 0.717) is 11.3 Å². The lowest BCUT2D eigenvalue weighted by Crippen LogP contribution is -2.25. The number of amides is 2. The molecule has 7 heteroatoms. The summed E-state index contributed by atoms with van der Waals surface area (Å²) in [6.07, 6.45) is 1.90. The molecule has 27 heavy (non-hydrogen) atoms. The van der Waals surface area contributed by atoms with Gasteiger partial charge >= 0.3 is 0 Å². The van der Waals surface area contributed by atoms with E-state index >= 15 is 0 Å². The summed E-state index contributed by atoms with van der Waals surface area (Å²) in [4.78, 5) is 24.2. The average Bonchev–Trinajstić information content (AvgIpc) is 3.45. The molecule has 1 saturated carbocycles. The van der Waals surface area contributed by atoms with Crippen molar-refractivity contribution in [2.75, 3.05) is 11.1 Å². The van der Waals surface area contributed by atoms with Crippen LogP contribution in [-0.2, 0) is 14.6 Å². The largest absolute Gasteiger partial charge is 0.349 e. The van der Waals surface area contributed by atoms with Gasteiger partial charge in [-0.15, -0.1) is 0 Å². The van der Waals surface area contributed by atoms with Gasteiger partial charge < -0.3 is 10.6 Å². The van der Waals surface area contributed by atoms with Crippen LogP contribution in [0, 0.1) is 6.92 Å². The van der Waals surface area contributed by atoms with Crippen LogP contribution in [0.15, 0.2) is 53.4 Å². The Kier molecular flexibility index (Phi) is 5.60. The van der Waals surface area contributed by atoms with E-state index in [2.05, 4.69) is 10.6 Å². The van der Waals surface area contributed by atoms with Gasteiger partial charge in [0.15, 0.2) is 9.84 Å². The molecular weight excluding hydrogens is 364 g/mol. The summed E-state index contributed by atoms with van der Waals surface area (Å²) in [6, 6.07) is 13.4. The SMILES string of the molecule is Cc1ccc(S(=O)(=O)CCC(=O)Nc2ccc(C(=O)NC3CC3)cc2)cc1. The summed E-state index contributed by atoms with van der Waals surface area (Å²) < 4.78 is 24.6. The van der Waals surface area contributed by atoms with Crippen molar-refractivity contribution in [3.63, 3.8) is 0 Å². The standard InChI is InChI=1S/C20H22N2O4S/c1-14-2-10-18(11-3-14)27(25,26)13-12-19(23)21-16-6-4-15(5-7-16)20(24)22-17-8-9-17/h2-7,10-11,17H,8-9,12-13H2,1H3,(H,21,23)(H,22,24). The summed E-state index contributed by atoms with van der Waals surface area (Å²) >= 11 is 0. The number of carbonyl (C=O) groups is 2. The van der Waals surface area contributed by atoms with Gasteiger partial charge in [-0.3, -0.25) is 9.59 Å². The lowest BCUT2D eigenvalue weighted by atomic mass is 10.2. The Balaban J connectivity index is 1.52. The van der Waals surface area contributed by atoms with Crippen molar-refractivity contribution in [3.8, 4) is 0 Å². The van der Waals surface area contributed by atoms with Gasteiger partial charge in [0.25, 0.3) is 5.91 Å². The number of rotatable bonds is 7. The number of carbonyl (C=O) groups excluding carboxylic acids is 2. The second kappa shape index (κ2) is 7.92. The third-order valence-electron chi connectivity index (χ3n) is 4.32. The van der Waals surface area contributed by atoms with Crippen molar-refractivity contribution in [2.24, 2.45) is 0 Å². The van der Waals surface area contributed by atoms with Crippen molar-refractivity contribution >= 4 is 27.3 Å². The monoisotopic (exact) mass is 386 g/mol. The molecule has 3 rings (SSSR count).